The van der Waals surface area contributed by atoms with Gasteiger partial charge in [-0.05, 0) is 32.1 Å². The maximum absolute atomic E-state index is 13.3. The Morgan fingerprint density at radius 3 is 2.50 bits per heavy atom. The molecule has 1 aromatic rings. The van der Waals surface area contributed by atoms with Crippen LogP contribution >= 0.6 is 0 Å². The zero-order chi connectivity index (χ0) is 10.6. The highest BCUT2D eigenvalue weighted by molar-refractivity contribution is 5.18. The first-order chi connectivity index (χ1) is 6.65. The monoisotopic (exact) mass is 196 g/mol. The van der Waals surface area contributed by atoms with Gasteiger partial charge in [0.25, 0.3) is 0 Å². The molecule has 0 aromatic heterocycles. The molecule has 2 nitrogen and oxygen atoms in total. The van der Waals surface area contributed by atoms with Gasteiger partial charge in [-0.25, -0.2) is 4.39 Å². The van der Waals surface area contributed by atoms with E-state index in [1.54, 1.807) is 6.07 Å². The van der Waals surface area contributed by atoms with Crippen LogP contribution in [0.3, 0.4) is 0 Å². The molecule has 3 heteroatoms. The second-order valence-corrected chi connectivity index (χ2v) is 3.65. The summed E-state index contributed by atoms with van der Waals surface area (Å²) < 4.78 is 13.3. The molecule has 1 unspecified atom stereocenters. The smallest absolute Gasteiger partial charge is 0.126 e. The first kappa shape index (κ1) is 11.1. The molecule has 78 valence electrons. The van der Waals surface area contributed by atoms with Gasteiger partial charge in [0.1, 0.15) is 5.82 Å². The van der Waals surface area contributed by atoms with E-state index < -0.39 is 0 Å². The standard InChI is InChI=1S/C11H17FN2/c1-14(2)10(8-13)7-9-5-3-4-6-11(9)12/h3-6,10H,7-8,13H2,1-2H3. The predicted octanol–water partition coefficient (Wildman–Crippen LogP) is 1.26. The summed E-state index contributed by atoms with van der Waals surface area (Å²) in [5.41, 5.74) is 6.34. The number of rotatable bonds is 4. The lowest BCUT2D eigenvalue weighted by Crippen LogP contribution is -2.37. The third-order valence-electron chi connectivity index (χ3n) is 2.42. The molecule has 1 atom stereocenters. The SMILES string of the molecule is CN(C)C(CN)Cc1ccccc1F. The summed E-state index contributed by atoms with van der Waals surface area (Å²) in [7, 11) is 3.91. The molecule has 1 aromatic carbocycles. The lowest BCUT2D eigenvalue weighted by molar-refractivity contribution is 0.295. The molecule has 0 aliphatic heterocycles. The second-order valence-electron chi connectivity index (χ2n) is 3.65. The number of likely N-dealkylation sites (N-methyl/N-ethyl adjacent to an activating group) is 1. The molecular formula is C11H17FN2. The summed E-state index contributed by atoms with van der Waals surface area (Å²) in [6.45, 7) is 0.543. The maximum Gasteiger partial charge on any atom is 0.126 e. The summed E-state index contributed by atoms with van der Waals surface area (Å²) in [5, 5.41) is 0. The van der Waals surface area contributed by atoms with Crippen molar-refractivity contribution < 1.29 is 4.39 Å². The highest BCUT2D eigenvalue weighted by Crippen LogP contribution is 2.10. The van der Waals surface area contributed by atoms with Gasteiger partial charge in [0.15, 0.2) is 0 Å². The summed E-state index contributed by atoms with van der Waals surface area (Å²) in [6, 6.07) is 7.04. The molecule has 0 fully saturated rings. The molecule has 0 aliphatic rings. The number of hydrogen-bond donors (Lipinski definition) is 1. The van der Waals surface area contributed by atoms with Crippen molar-refractivity contribution in [3.8, 4) is 0 Å². The van der Waals surface area contributed by atoms with Crippen molar-refractivity contribution in [1.82, 2.24) is 4.90 Å². The van der Waals surface area contributed by atoms with Gasteiger partial charge in [0.2, 0.25) is 0 Å². The molecule has 0 heterocycles. The predicted molar refractivity (Wildman–Crippen MR) is 56.6 cm³/mol. The Kier molecular flexibility index (Phi) is 4.04. The van der Waals surface area contributed by atoms with Crippen molar-refractivity contribution in [2.45, 2.75) is 12.5 Å². The van der Waals surface area contributed by atoms with Gasteiger partial charge >= 0.3 is 0 Å². The fraction of sp³-hybridized carbons (Fsp3) is 0.455. The number of nitrogens with zero attached hydrogens (tertiary/aromatic N) is 1. The molecule has 0 aliphatic carbocycles. The van der Waals surface area contributed by atoms with Gasteiger partial charge in [-0.15, -0.1) is 0 Å². The minimum Gasteiger partial charge on any atom is -0.329 e. The summed E-state index contributed by atoms with van der Waals surface area (Å²) in [5.74, 6) is -0.146. The van der Waals surface area contributed by atoms with Crippen LogP contribution in [0.2, 0.25) is 0 Å². The molecule has 0 radical (unpaired) electrons. The lowest BCUT2D eigenvalue weighted by atomic mass is 10.0. The Bertz CT molecular complexity index is 286. The van der Waals surface area contributed by atoms with E-state index in [0.29, 0.717) is 13.0 Å². The maximum atomic E-state index is 13.3. The van der Waals surface area contributed by atoms with Crippen molar-refractivity contribution in [1.29, 1.82) is 0 Å². The molecule has 2 N–H and O–H groups in total. The van der Waals surface area contributed by atoms with E-state index in [1.807, 2.05) is 31.1 Å². The van der Waals surface area contributed by atoms with Gasteiger partial charge in [0, 0.05) is 12.6 Å². The van der Waals surface area contributed by atoms with Gasteiger partial charge in [-0.3, -0.25) is 0 Å². The fourth-order valence-electron chi connectivity index (χ4n) is 1.39. The molecule has 14 heavy (non-hydrogen) atoms. The molecule has 0 saturated heterocycles. The van der Waals surface area contributed by atoms with E-state index in [4.69, 9.17) is 5.73 Å². The van der Waals surface area contributed by atoms with Crippen molar-refractivity contribution in [2.75, 3.05) is 20.6 Å². The summed E-state index contributed by atoms with van der Waals surface area (Å²) >= 11 is 0. The first-order valence-electron chi connectivity index (χ1n) is 4.75. The number of benzene rings is 1. The normalized spacial score (nSPS) is 13.2. The van der Waals surface area contributed by atoms with Crippen LogP contribution in [0.4, 0.5) is 4.39 Å². The summed E-state index contributed by atoms with van der Waals surface area (Å²) in [6.07, 6.45) is 0.663. The van der Waals surface area contributed by atoms with Gasteiger partial charge in [-0.1, -0.05) is 18.2 Å². The first-order valence-corrected chi connectivity index (χ1v) is 4.75. The van der Waals surface area contributed by atoms with Crippen LogP contribution in [0.15, 0.2) is 24.3 Å². The zero-order valence-corrected chi connectivity index (χ0v) is 8.70. The molecule has 0 saturated carbocycles. The lowest BCUT2D eigenvalue weighted by Gasteiger charge is -2.22. The quantitative estimate of drug-likeness (QED) is 0.785. The molecular weight excluding hydrogens is 179 g/mol. The van der Waals surface area contributed by atoms with Crippen LogP contribution in [0.1, 0.15) is 5.56 Å². The minimum atomic E-state index is -0.146. The van der Waals surface area contributed by atoms with Crippen molar-refractivity contribution in [3.05, 3.63) is 35.6 Å². The van der Waals surface area contributed by atoms with Crippen LogP contribution in [0.5, 0.6) is 0 Å². The molecule has 0 amide bonds. The zero-order valence-electron chi connectivity index (χ0n) is 8.70. The van der Waals surface area contributed by atoms with Crippen LogP contribution in [-0.4, -0.2) is 31.6 Å². The Balaban J connectivity index is 2.72. The highest BCUT2D eigenvalue weighted by Gasteiger charge is 2.11. The largest absolute Gasteiger partial charge is 0.329 e. The van der Waals surface area contributed by atoms with E-state index in [1.165, 1.54) is 6.07 Å². The average molecular weight is 196 g/mol. The van der Waals surface area contributed by atoms with E-state index >= 15 is 0 Å². The van der Waals surface area contributed by atoms with E-state index in [-0.39, 0.29) is 11.9 Å². The fourth-order valence-corrected chi connectivity index (χ4v) is 1.39. The summed E-state index contributed by atoms with van der Waals surface area (Å²) in [4.78, 5) is 2.02. The molecule has 0 spiro atoms. The Morgan fingerprint density at radius 1 is 1.36 bits per heavy atom. The van der Waals surface area contributed by atoms with Crippen molar-refractivity contribution >= 4 is 0 Å². The van der Waals surface area contributed by atoms with Gasteiger partial charge < -0.3 is 10.6 Å². The van der Waals surface area contributed by atoms with E-state index in [0.717, 1.165) is 5.56 Å². The van der Waals surface area contributed by atoms with Crippen LogP contribution < -0.4 is 5.73 Å². The minimum absolute atomic E-state index is 0.146. The van der Waals surface area contributed by atoms with Crippen molar-refractivity contribution in [2.24, 2.45) is 5.73 Å². The van der Waals surface area contributed by atoms with Crippen LogP contribution in [0.25, 0.3) is 0 Å². The van der Waals surface area contributed by atoms with Gasteiger partial charge in [-0.2, -0.15) is 0 Å². The molecule has 1 rings (SSSR count). The van der Waals surface area contributed by atoms with E-state index in [9.17, 15) is 4.39 Å². The highest BCUT2D eigenvalue weighted by atomic mass is 19.1. The van der Waals surface area contributed by atoms with Gasteiger partial charge in [0.05, 0.1) is 0 Å². The Morgan fingerprint density at radius 2 is 2.00 bits per heavy atom. The molecule has 0 bridgehead atoms. The topological polar surface area (TPSA) is 29.3 Å². The second kappa shape index (κ2) is 5.08. The average Bonchev–Trinajstić information content (AvgIpc) is 2.16. The van der Waals surface area contributed by atoms with Crippen molar-refractivity contribution in [3.63, 3.8) is 0 Å². The van der Waals surface area contributed by atoms with Crippen LogP contribution in [0, 0.1) is 5.82 Å². The number of nitrogens with two attached hydrogens (primary N) is 1. The third-order valence-corrected chi connectivity index (χ3v) is 2.42. The van der Waals surface area contributed by atoms with Crippen LogP contribution in [-0.2, 0) is 6.42 Å². The third kappa shape index (κ3) is 2.79. The number of hydrogen-bond acceptors (Lipinski definition) is 2. The Labute approximate surface area is 84.5 Å². The number of halogens is 1. The Hall–Kier alpha value is -0.930. The van der Waals surface area contributed by atoms with E-state index in [2.05, 4.69) is 0 Å².